The lowest BCUT2D eigenvalue weighted by Gasteiger charge is -2.27. The summed E-state index contributed by atoms with van der Waals surface area (Å²) in [4.78, 5) is 9.35. The molecule has 28 heavy (non-hydrogen) atoms. The van der Waals surface area contributed by atoms with Gasteiger partial charge in [-0.15, -0.1) is 0 Å². The van der Waals surface area contributed by atoms with E-state index >= 15 is 0 Å². The Morgan fingerprint density at radius 3 is 2.61 bits per heavy atom. The minimum atomic E-state index is 0.666. The van der Waals surface area contributed by atoms with Gasteiger partial charge in [0.25, 0.3) is 0 Å². The molecule has 0 atom stereocenters. The van der Waals surface area contributed by atoms with Gasteiger partial charge in [-0.1, -0.05) is 29.4 Å². The molecule has 5 nitrogen and oxygen atoms in total. The molecule has 2 aliphatic rings. The predicted octanol–water partition coefficient (Wildman–Crippen LogP) is 3.41. The molecule has 5 heteroatoms. The van der Waals surface area contributed by atoms with Crippen molar-refractivity contribution in [3.8, 4) is 11.3 Å². The summed E-state index contributed by atoms with van der Waals surface area (Å²) in [5, 5.41) is 4.22. The van der Waals surface area contributed by atoms with E-state index in [0.29, 0.717) is 6.04 Å². The second-order valence-electron chi connectivity index (χ2n) is 7.92. The Hall–Kier alpha value is -2.50. The Balaban J connectivity index is 1.19. The van der Waals surface area contributed by atoms with Gasteiger partial charge in [-0.2, -0.15) is 0 Å². The number of benzene rings is 1. The summed E-state index contributed by atoms with van der Waals surface area (Å²) in [5.74, 6) is 0.931. The third-order valence-corrected chi connectivity index (χ3v) is 6.06. The van der Waals surface area contributed by atoms with Gasteiger partial charge in [0.2, 0.25) is 0 Å². The van der Waals surface area contributed by atoms with Crippen LogP contribution in [0.3, 0.4) is 0 Å². The van der Waals surface area contributed by atoms with Crippen LogP contribution in [0.15, 0.2) is 59.4 Å². The van der Waals surface area contributed by atoms with E-state index in [1.54, 1.807) is 6.20 Å². The summed E-state index contributed by atoms with van der Waals surface area (Å²) >= 11 is 0. The molecule has 0 unspecified atom stereocenters. The molecule has 1 fully saturated rings. The van der Waals surface area contributed by atoms with Gasteiger partial charge in [-0.3, -0.25) is 14.8 Å². The predicted molar refractivity (Wildman–Crippen MR) is 109 cm³/mol. The van der Waals surface area contributed by atoms with E-state index < -0.39 is 0 Å². The van der Waals surface area contributed by atoms with E-state index in [1.165, 1.54) is 36.9 Å². The Bertz CT molecular complexity index is 898. The van der Waals surface area contributed by atoms with Crippen LogP contribution in [0, 0.1) is 0 Å². The average Bonchev–Trinajstić information content (AvgIpc) is 3.31. The van der Waals surface area contributed by atoms with E-state index in [1.807, 2.05) is 24.4 Å². The van der Waals surface area contributed by atoms with Crippen LogP contribution in [0.1, 0.15) is 23.3 Å². The van der Waals surface area contributed by atoms with Gasteiger partial charge < -0.3 is 4.52 Å². The standard InChI is InChI=1S/C23H26N4O/c1-2-6-19-14-21(13-18(19)5-1)27-10-4-9-26(11-12-27)17-22-15-23(25-28-22)20-7-3-8-24-16-20/h1-3,5-8,15-16,21H,4,9-14,17H2. The van der Waals surface area contributed by atoms with Crippen molar-refractivity contribution in [2.24, 2.45) is 0 Å². The minimum absolute atomic E-state index is 0.666. The molecule has 0 saturated carbocycles. The van der Waals surface area contributed by atoms with E-state index in [9.17, 15) is 0 Å². The second-order valence-corrected chi connectivity index (χ2v) is 7.92. The zero-order valence-corrected chi connectivity index (χ0v) is 16.1. The molecule has 0 spiro atoms. The molecule has 1 aliphatic heterocycles. The summed E-state index contributed by atoms with van der Waals surface area (Å²) in [6.07, 6.45) is 7.21. The third kappa shape index (κ3) is 3.73. The number of nitrogens with zero attached hydrogens (tertiary/aromatic N) is 4. The van der Waals surface area contributed by atoms with Crippen molar-refractivity contribution >= 4 is 0 Å². The van der Waals surface area contributed by atoms with Crippen molar-refractivity contribution in [1.82, 2.24) is 19.9 Å². The lowest BCUT2D eigenvalue weighted by atomic mass is 10.1. The molecule has 2 aromatic heterocycles. The summed E-state index contributed by atoms with van der Waals surface area (Å²) in [6, 6.07) is 15.6. The molecule has 1 aliphatic carbocycles. The van der Waals surface area contributed by atoms with Crippen molar-refractivity contribution in [3.63, 3.8) is 0 Å². The normalized spacial score (nSPS) is 18.9. The first-order valence-electron chi connectivity index (χ1n) is 10.2. The van der Waals surface area contributed by atoms with Crippen LogP contribution in [0.4, 0.5) is 0 Å². The Morgan fingerprint density at radius 1 is 0.964 bits per heavy atom. The maximum atomic E-state index is 5.60. The zero-order chi connectivity index (χ0) is 18.8. The third-order valence-electron chi connectivity index (χ3n) is 6.06. The molecule has 0 amide bonds. The van der Waals surface area contributed by atoms with Crippen LogP contribution < -0.4 is 0 Å². The fraction of sp³-hybridized carbons (Fsp3) is 0.391. The Labute approximate surface area is 166 Å². The summed E-state index contributed by atoms with van der Waals surface area (Å²) in [7, 11) is 0. The molecule has 1 saturated heterocycles. The maximum absolute atomic E-state index is 5.60. The first-order chi connectivity index (χ1) is 13.8. The van der Waals surface area contributed by atoms with Crippen LogP contribution in [-0.2, 0) is 19.4 Å². The fourth-order valence-corrected chi connectivity index (χ4v) is 4.57. The van der Waals surface area contributed by atoms with Crippen LogP contribution in [0.2, 0.25) is 0 Å². The van der Waals surface area contributed by atoms with E-state index in [2.05, 4.69) is 44.2 Å². The van der Waals surface area contributed by atoms with Crippen molar-refractivity contribution in [2.45, 2.75) is 31.8 Å². The van der Waals surface area contributed by atoms with Gasteiger partial charge in [0.1, 0.15) is 5.69 Å². The number of hydrogen-bond donors (Lipinski definition) is 0. The molecule has 3 heterocycles. The van der Waals surface area contributed by atoms with Gasteiger partial charge in [0, 0.05) is 43.2 Å². The summed E-state index contributed by atoms with van der Waals surface area (Å²) < 4.78 is 5.60. The quantitative estimate of drug-likeness (QED) is 0.700. The number of hydrogen-bond acceptors (Lipinski definition) is 5. The van der Waals surface area contributed by atoms with Crippen molar-refractivity contribution in [2.75, 3.05) is 26.2 Å². The number of fused-ring (bicyclic) bond motifs is 1. The SMILES string of the molecule is c1cncc(-c2cc(CN3CCCN(C4Cc5ccccc5C4)CC3)on2)c1. The highest BCUT2D eigenvalue weighted by Gasteiger charge is 2.28. The maximum Gasteiger partial charge on any atom is 0.151 e. The van der Waals surface area contributed by atoms with Crippen LogP contribution in [-0.4, -0.2) is 52.2 Å². The van der Waals surface area contributed by atoms with Gasteiger partial charge >= 0.3 is 0 Å². The Morgan fingerprint density at radius 2 is 1.82 bits per heavy atom. The number of pyridine rings is 1. The van der Waals surface area contributed by atoms with Gasteiger partial charge in [0.05, 0.1) is 6.54 Å². The Kier molecular flexibility index (Phi) is 4.93. The highest BCUT2D eigenvalue weighted by atomic mass is 16.5. The highest BCUT2D eigenvalue weighted by Crippen LogP contribution is 2.26. The van der Waals surface area contributed by atoms with Gasteiger partial charge in [-0.05, 0) is 55.6 Å². The van der Waals surface area contributed by atoms with Crippen molar-refractivity contribution in [1.29, 1.82) is 0 Å². The number of rotatable bonds is 4. The van der Waals surface area contributed by atoms with Crippen LogP contribution in [0.5, 0.6) is 0 Å². The van der Waals surface area contributed by atoms with E-state index in [4.69, 9.17) is 4.52 Å². The van der Waals surface area contributed by atoms with Gasteiger partial charge in [0.15, 0.2) is 5.76 Å². The fourth-order valence-electron chi connectivity index (χ4n) is 4.57. The zero-order valence-electron chi connectivity index (χ0n) is 16.1. The monoisotopic (exact) mass is 374 g/mol. The average molecular weight is 374 g/mol. The van der Waals surface area contributed by atoms with Crippen LogP contribution >= 0.6 is 0 Å². The van der Waals surface area contributed by atoms with Crippen molar-refractivity contribution in [3.05, 3.63) is 71.7 Å². The largest absolute Gasteiger partial charge is 0.359 e. The minimum Gasteiger partial charge on any atom is -0.359 e. The summed E-state index contributed by atoms with van der Waals surface area (Å²) in [5.41, 5.74) is 4.94. The lowest BCUT2D eigenvalue weighted by Crippen LogP contribution is -2.38. The summed E-state index contributed by atoms with van der Waals surface area (Å²) in [6.45, 7) is 5.33. The van der Waals surface area contributed by atoms with Crippen molar-refractivity contribution < 1.29 is 4.52 Å². The topological polar surface area (TPSA) is 45.4 Å². The molecule has 3 aromatic rings. The molecule has 0 radical (unpaired) electrons. The lowest BCUT2D eigenvalue weighted by molar-refractivity contribution is 0.195. The van der Waals surface area contributed by atoms with E-state index in [0.717, 1.165) is 43.2 Å². The first kappa shape index (κ1) is 17.6. The molecule has 1 aromatic carbocycles. The number of aromatic nitrogens is 2. The molecular weight excluding hydrogens is 348 g/mol. The highest BCUT2D eigenvalue weighted by molar-refractivity contribution is 5.57. The van der Waals surface area contributed by atoms with Gasteiger partial charge in [-0.25, -0.2) is 0 Å². The van der Waals surface area contributed by atoms with E-state index in [-0.39, 0.29) is 0 Å². The first-order valence-corrected chi connectivity index (χ1v) is 10.2. The molecular formula is C23H26N4O. The molecule has 5 rings (SSSR count). The second kappa shape index (κ2) is 7.86. The van der Waals surface area contributed by atoms with Crippen LogP contribution in [0.25, 0.3) is 11.3 Å². The molecule has 0 bridgehead atoms. The molecule has 0 N–H and O–H groups in total. The molecule has 144 valence electrons. The smallest absolute Gasteiger partial charge is 0.151 e.